The zero-order valence-electron chi connectivity index (χ0n) is 14.8. The minimum atomic E-state index is -0.499. The van der Waals surface area contributed by atoms with Crippen LogP contribution in [0.25, 0.3) is 0 Å². The van der Waals surface area contributed by atoms with Crippen molar-refractivity contribution in [2.45, 2.75) is 62.7 Å². The molecule has 2 amide bonds. The third-order valence-electron chi connectivity index (χ3n) is 5.62. The van der Waals surface area contributed by atoms with Crippen LogP contribution in [0, 0.1) is 10.1 Å². The molecule has 0 radical (unpaired) electrons. The smallest absolute Gasteiger partial charge is 0.324 e. The maximum absolute atomic E-state index is 12.8. The van der Waals surface area contributed by atoms with Crippen molar-refractivity contribution in [3.63, 3.8) is 0 Å². The van der Waals surface area contributed by atoms with E-state index in [1.54, 1.807) is 4.90 Å². The van der Waals surface area contributed by atoms with Crippen LogP contribution in [0.4, 0.5) is 5.00 Å². The summed E-state index contributed by atoms with van der Waals surface area (Å²) in [5.41, 5.74) is 0. The number of hydrogen-bond donors (Lipinski definition) is 2. The Balaban J connectivity index is 0.00000210. The van der Waals surface area contributed by atoms with E-state index < -0.39 is 11.0 Å². The average Bonchev–Trinajstić information content (AvgIpc) is 3.33. The summed E-state index contributed by atoms with van der Waals surface area (Å²) in [4.78, 5) is 37.7. The molecule has 0 spiro atoms. The quantitative estimate of drug-likeness (QED) is 0.579. The van der Waals surface area contributed by atoms with Gasteiger partial charge in [-0.2, -0.15) is 0 Å². The van der Waals surface area contributed by atoms with Gasteiger partial charge in [0.15, 0.2) is 0 Å². The fraction of sp³-hybridized carbons (Fsp3) is 0.647. The van der Waals surface area contributed by atoms with Crippen LogP contribution in [0.15, 0.2) is 12.1 Å². The van der Waals surface area contributed by atoms with E-state index >= 15 is 0 Å². The van der Waals surface area contributed by atoms with Crippen molar-refractivity contribution in [2.24, 2.45) is 0 Å². The summed E-state index contributed by atoms with van der Waals surface area (Å²) in [6, 6.07) is 3.49. The lowest BCUT2D eigenvalue weighted by molar-refractivity contribution is -0.380. The fourth-order valence-corrected chi connectivity index (χ4v) is 5.21. The molecule has 0 aromatic carbocycles. The molecular weight excluding hydrogens is 392 g/mol. The second kappa shape index (κ2) is 8.12. The van der Waals surface area contributed by atoms with Gasteiger partial charge in [0.25, 0.3) is 5.91 Å². The van der Waals surface area contributed by atoms with Gasteiger partial charge in [-0.25, -0.2) is 0 Å². The van der Waals surface area contributed by atoms with Gasteiger partial charge in [-0.3, -0.25) is 19.7 Å². The number of nitrogens with zero attached hydrogens (tertiary/aromatic N) is 2. The van der Waals surface area contributed by atoms with Crippen LogP contribution in [-0.4, -0.2) is 52.3 Å². The van der Waals surface area contributed by atoms with E-state index in [-0.39, 0.29) is 35.3 Å². The zero-order valence-corrected chi connectivity index (χ0v) is 16.4. The van der Waals surface area contributed by atoms with E-state index in [1.807, 2.05) is 0 Å². The number of nitrogens with one attached hydrogen (secondary N) is 2. The molecule has 4 heterocycles. The van der Waals surface area contributed by atoms with Crippen LogP contribution in [-0.2, 0) is 4.79 Å². The Kier molecular flexibility index (Phi) is 6.02. The first-order valence-corrected chi connectivity index (χ1v) is 9.94. The highest BCUT2D eigenvalue weighted by molar-refractivity contribution is 7.17. The first-order valence-electron chi connectivity index (χ1n) is 9.13. The van der Waals surface area contributed by atoms with Crippen molar-refractivity contribution in [2.75, 3.05) is 6.54 Å². The van der Waals surface area contributed by atoms with Gasteiger partial charge < -0.3 is 15.5 Å². The van der Waals surface area contributed by atoms with Gasteiger partial charge in [0.1, 0.15) is 6.04 Å². The summed E-state index contributed by atoms with van der Waals surface area (Å²) in [5.74, 6) is -0.376. The predicted molar refractivity (Wildman–Crippen MR) is 103 cm³/mol. The van der Waals surface area contributed by atoms with Crippen LogP contribution in [0.1, 0.15) is 48.2 Å². The molecule has 3 saturated heterocycles. The van der Waals surface area contributed by atoms with Crippen LogP contribution in [0.3, 0.4) is 0 Å². The van der Waals surface area contributed by atoms with Crippen molar-refractivity contribution in [3.05, 3.63) is 27.1 Å². The van der Waals surface area contributed by atoms with Crippen molar-refractivity contribution in [1.29, 1.82) is 0 Å². The highest BCUT2D eigenvalue weighted by Gasteiger charge is 2.39. The predicted octanol–water partition coefficient (Wildman–Crippen LogP) is 2.08. The Morgan fingerprint density at radius 3 is 2.56 bits per heavy atom. The SMILES string of the molecule is Cl.O=C(NC1CC2CCC(C1)N2)C1CCCN1C(=O)c1ccc([N+](=O)[O-])s1. The molecule has 3 unspecified atom stereocenters. The fourth-order valence-electron chi connectivity index (χ4n) is 4.44. The molecule has 27 heavy (non-hydrogen) atoms. The maximum Gasteiger partial charge on any atom is 0.324 e. The summed E-state index contributed by atoms with van der Waals surface area (Å²) in [6.07, 6.45) is 5.64. The number of carbonyl (C=O) groups excluding carboxylic acids is 2. The molecule has 3 aliphatic rings. The van der Waals surface area contributed by atoms with E-state index in [0.717, 1.165) is 30.6 Å². The largest absolute Gasteiger partial charge is 0.351 e. The number of thiophene rings is 1. The van der Waals surface area contributed by atoms with Crippen molar-refractivity contribution in [3.8, 4) is 0 Å². The van der Waals surface area contributed by atoms with E-state index in [1.165, 1.54) is 25.0 Å². The van der Waals surface area contributed by atoms with Gasteiger partial charge in [0.2, 0.25) is 5.91 Å². The number of amides is 2. The maximum atomic E-state index is 12.8. The Labute approximate surface area is 167 Å². The third-order valence-corrected chi connectivity index (χ3v) is 6.64. The van der Waals surface area contributed by atoms with Crippen molar-refractivity contribution < 1.29 is 14.5 Å². The highest BCUT2D eigenvalue weighted by Crippen LogP contribution is 2.29. The molecule has 2 N–H and O–H groups in total. The molecule has 0 aliphatic carbocycles. The number of hydrogen-bond acceptors (Lipinski definition) is 6. The minimum absolute atomic E-state index is 0. The Bertz CT molecular complexity index is 730. The first kappa shape index (κ1) is 20.0. The Morgan fingerprint density at radius 2 is 1.93 bits per heavy atom. The van der Waals surface area contributed by atoms with Gasteiger partial charge in [-0.15, -0.1) is 12.4 Å². The molecule has 1 aromatic heterocycles. The topological polar surface area (TPSA) is 105 Å². The third kappa shape index (κ3) is 4.09. The van der Waals surface area contributed by atoms with E-state index in [4.69, 9.17) is 0 Å². The Hall–Kier alpha value is -1.71. The summed E-state index contributed by atoms with van der Waals surface area (Å²) >= 11 is 0.864. The summed E-state index contributed by atoms with van der Waals surface area (Å²) < 4.78 is 0. The summed E-state index contributed by atoms with van der Waals surface area (Å²) in [5, 5.41) is 17.5. The van der Waals surface area contributed by atoms with Gasteiger partial charge in [0.05, 0.1) is 9.80 Å². The van der Waals surface area contributed by atoms with Crippen LogP contribution in [0.5, 0.6) is 0 Å². The van der Waals surface area contributed by atoms with Gasteiger partial charge >= 0.3 is 5.00 Å². The van der Waals surface area contributed by atoms with Gasteiger partial charge in [-0.1, -0.05) is 11.3 Å². The van der Waals surface area contributed by atoms with E-state index in [0.29, 0.717) is 29.9 Å². The first-order chi connectivity index (χ1) is 12.5. The summed E-state index contributed by atoms with van der Waals surface area (Å²) in [7, 11) is 0. The highest BCUT2D eigenvalue weighted by atomic mass is 35.5. The normalized spacial score (nSPS) is 29.3. The molecule has 3 atom stereocenters. The molecule has 1 aromatic rings. The number of halogens is 1. The minimum Gasteiger partial charge on any atom is -0.351 e. The Morgan fingerprint density at radius 1 is 1.22 bits per heavy atom. The zero-order chi connectivity index (χ0) is 18.3. The molecular formula is C17H23ClN4O4S. The molecule has 4 rings (SSSR count). The second-order valence-corrected chi connectivity index (χ2v) is 8.43. The number of nitro groups is 1. The number of piperidine rings is 1. The molecule has 8 nitrogen and oxygen atoms in total. The lowest BCUT2D eigenvalue weighted by atomic mass is 9.99. The molecule has 10 heteroatoms. The van der Waals surface area contributed by atoms with Gasteiger partial charge in [0, 0.05) is 30.7 Å². The van der Waals surface area contributed by atoms with Crippen molar-refractivity contribution in [1.82, 2.24) is 15.5 Å². The monoisotopic (exact) mass is 414 g/mol. The lowest BCUT2D eigenvalue weighted by Gasteiger charge is -2.31. The number of likely N-dealkylation sites (tertiary alicyclic amines) is 1. The van der Waals surface area contributed by atoms with E-state index in [9.17, 15) is 19.7 Å². The van der Waals surface area contributed by atoms with E-state index in [2.05, 4.69) is 10.6 Å². The summed E-state index contributed by atoms with van der Waals surface area (Å²) in [6.45, 7) is 0.514. The number of carbonyl (C=O) groups is 2. The molecule has 3 aliphatic heterocycles. The van der Waals surface area contributed by atoms with Crippen molar-refractivity contribution >= 4 is 40.6 Å². The van der Waals surface area contributed by atoms with Crippen LogP contribution in [0.2, 0.25) is 0 Å². The average molecular weight is 415 g/mol. The van der Waals surface area contributed by atoms with Gasteiger partial charge in [-0.05, 0) is 44.6 Å². The molecule has 3 fully saturated rings. The lowest BCUT2D eigenvalue weighted by Crippen LogP contribution is -2.53. The number of rotatable bonds is 4. The number of fused-ring (bicyclic) bond motifs is 2. The molecule has 0 saturated carbocycles. The van der Waals surface area contributed by atoms with Crippen LogP contribution < -0.4 is 10.6 Å². The second-order valence-electron chi connectivity index (χ2n) is 7.37. The van der Waals surface area contributed by atoms with Crippen LogP contribution >= 0.6 is 23.7 Å². The standard InChI is InChI=1S/C17H22N4O4S.ClH/c22-16(19-12-8-10-3-4-11(9-12)18-10)13-2-1-7-20(13)17(23)14-5-6-15(26-14)21(24)25;/h5-6,10-13,18H,1-4,7-9H2,(H,19,22);1H. The molecule has 2 bridgehead atoms. The molecule has 148 valence electrons.